The number of hydrogen-bond acceptors (Lipinski definition) is 1. The highest BCUT2D eigenvalue weighted by Crippen LogP contribution is 2.39. The van der Waals surface area contributed by atoms with Crippen LogP contribution in [-0.2, 0) is 0 Å². The van der Waals surface area contributed by atoms with Crippen LogP contribution in [0.1, 0.15) is 30.9 Å². The van der Waals surface area contributed by atoms with Crippen LogP contribution in [0, 0.1) is 6.92 Å². The molecule has 1 aromatic carbocycles. The zero-order valence-corrected chi connectivity index (χ0v) is 8.83. The summed E-state index contributed by atoms with van der Waals surface area (Å²) in [6.07, 6.45) is 0. The van der Waals surface area contributed by atoms with Gasteiger partial charge in [-0.15, -0.1) is 0 Å². The second-order valence-corrected chi connectivity index (χ2v) is 4.20. The highest BCUT2D eigenvalue weighted by molar-refractivity contribution is 5.61. The van der Waals surface area contributed by atoms with E-state index in [1.165, 1.54) is 16.8 Å². The minimum Gasteiger partial charge on any atom is -0.371 e. The topological polar surface area (TPSA) is 3.24 Å². The van der Waals surface area contributed by atoms with Crippen LogP contribution in [0.5, 0.6) is 0 Å². The lowest BCUT2D eigenvalue weighted by molar-refractivity contribution is 0.626. The maximum Gasteiger partial charge on any atom is 0.0402 e. The minimum atomic E-state index is 0.636. The molecule has 2 rings (SSSR count). The molecule has 1 aliphatic heterocycles. The van der Waals surface area contributed by atoms with E-state index >= 15 is 0 Å². The molecule has 1 unspecified atom stereocenters. The van der Waals surface area contributed by atoms with E-state index in [1.807, 2.05) is 0 Å². The van der Waals surface area contributed by atoms with Gasteiger partial charge in [-0.05, 0) is 25.5 Å². The summed E-state index contributed by atoms with van der Waals surface area (Å²) in [5.74, 6) is 0.667. The summed E-state index contributed by atoms with van der Waals surface area (Å²) in [5.41, 5.74) is 4.29. The molecule has 1 nitrogen and oxygen atoms in total. The van der Waals surface area contributed by atoms with Crippen molar-refractivity contribution in [3.63, 3.8) is 0 Å². The molecule has 0 aliphatic carbocycles. The molecule has 0 aromatic heterocycles. The Morgan fingerprint density at radius 3 is 2.62 bits per heavy atom. The third-order valence-electron chi connectivity index (χ3n) is 3.39. The predicted octanol–water partition coefficient (Wildman–Crippen LogP) is 2.94. The fourth-order valence-corrected chi connectivity index (χ4v) is 2.17. The standard InChI is InChI=1S/C12H17N/c1-8-5-6-12-11(7-8)9(2)10(3)13(12)4/h5-7,9-10H,1-4H3/t9-,10?/m1/s1. The molecule has 0 bridgehead atoms. The predicted molar refractivity (Wildman–Crippen MR) is 57.5 cm³/mol. The van der Waals surface area contributed by atoms with Crippen molar-refractivity contribution < 1.29 is 0 Å². The van der Waals surface area contributed by atoms with Crippen molar-refractivity contribution in [3.05, 3.63) is 29.3 Å². The fourth-order valence-electron chi connectivity index (χ4n) is 2.17. The van der Waals surface area contributed by atoms with Crippen LogP contribution in [0.2, 0.25) is 0 Å². The number of likely N-dealkylation sites (N-methyl/N-ethyl adjacent to an activating group) is 1. The van der Waals surface area contributed by atoms with Gasteiger partial charge in [-0.3, -0.25) is 0 Å². The molecule has 0 fully saturated rings. The number of fused-ring (bicyclic) bond motifs is 1. The largest absolute Gasteiger partial charge is 0.371 e. The second-order valence-electron chi connectivity index (χ2n) is 4.20. The first-order valence-electron chi connectivity index (χ1n) is 4.94. The van der Waals surface area contributed by atoms with E-state index in [2.05, 4.69) is 50.9 Å². The SMILES string of the molecule is Cc1ccc2c(c1)[C@H](C)C(C)N2C. The zero-order valence-electron chi connectivity index (χ0n) is 8.83. The van der Waals surface area contributed by atoms with Gasteiger partial charge >= 0.3 is 0 Å². The maximum atomic E-state index is 2.37. The molecule has 13 heavy (non-hydrogen) atoms. The first-order chi connectivity index (χ1) is 6.11. The van der Waals surface area contributed by atoms with Crippen molar-refractivity contribution in [2.45, 2.75) is 32.7 Å². The first-order valence-corrected chi connectivity index (χ1v) is 4.94. The molecule has 1 heteroatoms. The molecule has 1 aliphatic rings. The van der Waals surface area contributed by atoms with Crippen LogP contribution >= 0.6 is 0 Å². The summed E-state index contributed by atoms with van der Waals surface area (Å²) in [7, 11) is 2.18. The molecule has 1 aromatic rings. The lowest BCUT2D eigenvalue weighted by atomic mass is 9.97. The summed E-state index contributed by atoms with van der Waals surface area (Å²) in [4.78, 5) is 2.37. The molecule has 0 spiro atoms. The van der Waals surface area contributed by atoms with Crippen LogP contribution in [0.3, 0.4) is 0 Å². The van der Waals surface area contributed by atoms with Gasteiger partial charge in [0.15, 0.2) is 0 Å². The molecule has 0 saturated heterocycles. The van der Waals surface area contributed by atoms with Crippen LogP contribution in [0.4, 0.5) is 5.69 Å². The molecular formula is C12H17N. The van der Waals surface area contributed by atoms with Gasteiger partial charge in [0.25, 0.3) is 0 Å². The van der Waals surface area contributed by atoms with Gasteiger partial charge in [0, 0.05) is 24.7 Å². The number of benzene rings is 1. The molecule has 0 saturated carbocycles. The summed E-state index contributed by atoms with van der Waals surface area (Å²) < 4.78 is 0. The summed E-state index contributed by atoms with van der Waals surface area (Å²) in [6.45, 7) is 6.77. The average Bonchev–Trinajstić information content (AvgIpc) is 2.32. The third-order valence-corrected chi connectivity index (χ3v) is 3.39. The highest BCUT2D eigenvalue weighted by Gasteiger charge is 2.29. The Labute approximate surface area is 80.4 Å². The molecule has 0 N–H and O–H groups in total. The normalized spacial score (nSPS) is 26.3. The number of anilines is 1. The van der Waals surface area contributed by atoms with Gasteiger partial charge in [-0.25, -0.2) is 0 Å². The number of hydrogen-bond donors (Lipinski definition) is 0. The zero-order chi connectivity index (χ0) is 9.59. The van der Waals surface area contributed by atoms with Gasteiger partial charge in [0.2, 0.25) is 0 Å². The summed E-state index contributed by atoms with van der Waals surface area (Å²) >= 11 is 0. The first kappa shape index (κ1) is 8.61. The number of aryl methyl sites for hydroxylation is 1. The highest BCUT2D eigenvalue weighted by atomic mass is 15.2. The van der Waals surface area contributed by atoms with Gasteiger partial charge in [0.1, 0.15) is 0 Å². The Hall–Kier alpha value is -0.980. The average molecular weight is 175 g/mol. The van der Waals surface area contributed by atoms with Gasteiger partial charge in [-0.1, -0.05) is 24.6 Å². The van der Waals surface area contributed by atoms with E-state index in [9.17, 15) is 0 Å². The van der Waals surface area contributed by atoms with E-state index < -0.39 is 0 Å². The van der Waals surface area contributed by atoms with Crippen molar-refractivity contribution in [2.75, 3.05) is 11.9 Å². The summed E-state index contributed by atoms with van der Waals surface area (Å²) in [6, 6.07) is 7.39. The number of rotatable bonds is 0. The van der Waals surface area contributed by atoms with Gasteiger partial charge in [-0.2, -0.15) is 0 Å². The Bertz CT molecular complexity index is 330. The van der Waals surface area contributed by atoms with E-state index in [-0.39, 0.29) is 0 Å². The van der Waals surface area contributed by atoms with Crippen molar-refractivity contribution in [3.8, 4) is 0 Å². The van der Waals surface area contributed by atoms with E-state index in [0.29, 0.717) is 12.0 Å². The van der Waals surface area contributed by atoms with Crippen molar-refractivity contribution in [1.29, 1.82) is 0 Å². The fraction of sp³-hybridized carbons (Fsp3) is 0.500. The van der Waals surface area contributed by atoms with Crippen molar-refractivity contribution in [2.24, 2.45) is 0 Å². The summed E-state index contributed by atoms with van der Waals surface area (Å²) in [5, 5.41) is 0. The lowest BCUT2D eigenvalue weighted by Gasteiger charge is -2.20. The van der Waals surface area contributed by atoms with Crippen LogP contribution in [0.25, 0.3) is 0 Å². The van der Waals surface area contributed by atoms with E-state index in [1.54, 1.807) is 0 Å². The van der Waals surface area contributed by atoms with Crippen molar-refractivity contribution >= 4 is 5.69 Å². The quantitative estimate of drug-likeness (QED) is 0.586. The smallest absolute Gasteiger partial charge is 0.0402 e. The van der Waals surface area contributed by atoms with E-state index in [4.69, 9.17) is 0 Å². The molecule has 0 amide bonds. The molecular weight excluding hydrogens is 158 g/mol. The molecule has 2 atom stereocenters. The Morgan fingerprint density at radius 2 is 1.92 bits per heavy atom. The van der Waals surface area contributed by atoms with Crippen molar-refractivity contribution in [1.82, 2.24) is 0 Å². The second kappa shape index (κ2) is 2.76. The monoisotopic (exact) mass is 175 g/mol. The van der Waals surface area contributed by atoms with E-state index in [0.717, 1.165) is 0 Å². The van der Waals surface area contributed by atoms with Gasteiger partial charge in [0.05, 0.1) is 0 Å². The van der Waals surface area contributed by atoms with Crippen LogP contribution < -0.4 is 4.90 Å². The molecule has 1 heterocycles. The minimum absolute atomic E-state index is 0.636. The number of nitrogens with zero attached hydrogens (tertiary/aromatic N) is 1. The molecule has 0 radical (unpaired) electrons. The molecule has 70 valence electrons. The Balaban J connectivity index is 2.54. The van der Waals surface area contributed by atoms with Gasteiger partial charge < -0.3 is 4.90 Å². The maximum absolute atomic E-state index is 2.37. The lowest BCUT2D eigenvalue weighted by Crippen LogP contribution is -2.25. The third kappa shape index (κ3) is 1.14. The van der Waals surface area contributed by atoms with Crippen LogP contribution in [0.15, 0.2) is 18.2 Å². The van der Waals surface area contributed by atoms with Crippen LogP contribution in [-0.4, -0.2) is 13.1 Å². The Morgan fingerprint density at radius 1 is 1.23 bits per heavy atom. The Kier molecular flexibility index (Phi) is 1.83.